The van der Waals surface area contributed by atoms with Gasteiger partial charge in [0.2, 0.25) is 0 Å². The second kappa shape index (κ2) is 13.7. The number of nitrogens with two attached hydrogens (primary N) is 2. The molecule has 0 unspecified atom stereocenters. The number of anilines is 2. The number of hydrogen-bond acceptors (Lipinski definition) is 12. The van der Waals surface area contributed by atoms with E-state index in [1.165, 1.54) is 36.4 Å². The van der Waals surface area contributed by atoms with Crippen molar-refractivity contribution in [2.45, 2.75) is 4.90 Å². The molecule has 14 nitrogen and oxygen atoms in total. The molecule has 0 aliphatic carbocycles. The van der Waals surface area contributed by atoms with Crippen molar-refractivity contribution in [2.24, 2.45) is 30.7 Å². The van der Waals surface area contributed by atoms with Gasteiger partial charge in [0, 0.05) is 16.5 Å². The average molecular weight is 687 g/mol. The summed E-state index contributed by atoms with van der Waals surface area (Å²) in [5.41, 5.74) is 16.6. The Morgan fingerprint density at radius 1 is 0.560 bits per heavy atom. The Bertz CT molecular complexity index is 2470. The molecule has 6 rings (SSSR count). The number of carboxylic acids is 1. The van der Waals surface area contributed by atoms with E-state index in [1.54, 1.807) is 54.6 Å². The average Bonchev–Trinajstić information content (AvgIpc) is 3.10. The van der Waals surface area contributed by atoms with Crippen LogP contribution in [0, 0.1) is 0 Å². The zero-order valence-corrected chi connectivity index (χ0v) is 26.6. The van der Waals surface area contributed by atoms with Crippen molar-refractivity contribution in [3.8, 4) is 16.9 Å². The van der Waals surface area contributed by atoms with Gasteiger partial charge in [0.25, 0.3) is 10.1 Å². The number of fused-ring (bicyclic) bond motifs is 1. The van der Waals surface area contributed by atoms with Crippen molar-refractivity contribution in [1.29, 1.82) is 0 Å². The van der Waals surface area contributed by atoms with E-state index >= 15 is 0 Å². The van der Waals surface area contributed by atoms with Crippen LogP contribution in [0.25, 0.3) is 21.9 Å². The zero-order chi connectivity index (χ0) is 35.4. The van der Waals surface area contributed by atoms with Gasteiger partial charge in [-0.25, -0.2) is 4.79 Å². The maximum atomic E-state index is 11.9. The summed E-state index contributed by atoms with van der Waals surface area (Å²) >= 11 is 0. The van der Waals surface area contributed by atoms with E-state index in [1.807, 2.05) is 24.3 Å². The number of benzene rings is 6. The van der Waals surface area contributed by atoms with Crippen LogP contribution in [-0.4, -0.2) is 29.2 Å². The molecule has 0 spiro atoms. The molecule has 0 bridgehead atoms. The predicted octanol–water partition coefficient (Wildman–Crippen LogP) is 9.57. The van der Waals surface area contributed by atoms with Gasteiger partial charge in [0.05, 0.1) is 39.0 Å². The third-order valence-corrected chi connectivity index (χ3v) is 8.24. The molecular weight excluding hydrogens is 661 g/mol. The number of phenols is 1. The third kappa shape index (κ3) is 7.49. The Balaban J connectivity index is 1.22. The molecule has 15 heteroatoms. The predicted molar refractivity (Wildman–Crippen MR) is 189 cm³/mol. The highest BCUT2D eigenvalue weighted by Gasteiger charge is 2.14. The van der Waals surface area contributed by atoms with Gasteiger partial charge in [-0.05, 0) is 96.1 Å². The van der Waals surface area contributed by atoms with E-state index < -0.39 is 16.1 Å². The van der Waals surface area contributed by atoms with Crippen molar-refractivity contribution in [3.63, 3.8) is 0 Å². The van der Waals surface area contributed by atoms with Gasteiger partial charge in [-0.2, -0.15) is 23.8 Å². The molecule has 6 aromatic rings. The molecule has 0 fully saturated rings. The van der Waals surface area contributed by atoms with Crippen LogP contribution in [0.15, 0.2) is 151 Å². The first-order valence-corrected chi connectivity index (χ1v) is 16.1. The van der Waals surface area contributed by atoms with Crippen LogP contribution in [0.2, 0.25) is 0 Å². The molecular formula is C35H26N8O6S. The Labute approximate surface area is 284 Å². The van der Waals surface area contributed by atoms with Gasteiger partial charge in [-0.1, -0.05) is 30.3 Å². The minimum atomic E-state index is -4.51. The largest absolute Gasteiger partial charge is 0.507 e. The van der Waals surface area contributed by atoms with Crippen LogP contribution in [0.4, 0.5) is 45.5 Å². The fraction of sp³-hybridized carbons (Fsp3) is 0. The Hall–Kier alpha value is -6.84. The lowest BCUT2D eigenvalue weighted by Crippen LogP contribution is -1.97. The number of carboxylic acid groups (broad SMARTS) is 1. The summed E-state index contributed by atoms with van der Waals surface area (Å²) in [4.78, 5) is 10.9. The van der Waals surface area contributed by atoms with Gasteiger partial charge in [0.1, 0.15) is 17.0 Å². The molecule has 0 amide bonds. The Morgan fingerprint density at radius 2 is 1.08 bits per heavy atom. The first kappa shape index (κ1) is 33.1. The number of hydrogen-bond donors (Lipinski definition) is 5. The number of nitrogen functional groups attached to an aromatic ring is 2. The van der Waals surface area contributed by atoms with Crippen LogP contribution < -0.4 is 11.5 Å². The summed E-state index contributed by atoms with van der Waals surface area (Å²) in [5, 5.41) is 45.1. The monoisotopic (exact) mass is 686 g/mol. The number of carbonyl (C=O) groups is 1. The van der Waals surface area contributed by atoms with Crippen LogP contribution >= 0.6 is 0 Å². The van der Waals surface area contributed by atoms with Crippen molar-refractivity contribution in [1.82, 2.24) is 0 Å². The summed E-state index contributed by atoms with van der Waals surface area (Å²) in [6, 6.07) is 30.6. The lowest BCUT2D eigenvalue weighted by atomic mass is 10.1. The number of aromatic carboxylic acids is 1. The minimum absolute atomic E-state index is 0.266. The molecule has 6 aromatic carbocycles. The van der Waals surface area contributed by atoms with Crippen molar-refractivity contribution in [3.05, 3.63) is 121 Å². The molecule has 0 aliphatic rings. The van der Waals surface area contributed by atoms with E-state index in [2.05, 4.69) is 30.7 Å². The standard InChI is InChI=1S/C35H26N8O6S/c36-22-5-13-33(30(37)17-22)43-42-31-14-15-32(28-19-26(50(47,48)49)11-12-27(28)31)41-39-24-8-3-21(4-9-24)20-1-6-23(7-2-20)38-40-25-10-16-34(44)29(18-25)35(45)46/h1-19,44H,36-37H2,(H,45,46)(H,47,48,49). The van der Waals surface area contributed by atoms with Crippen LogP contribution in [-0.2, 0) is 10.1 Å². The SMILES string of the molecule is Nc1ccc(N=Nc2ccc(N=Nc3ccc(-c4ccc(N=Nc5ccc(O)c(C(=O)O)c5)cc4)cc3)c3cc(S(=O)(=O)O)ccc23)c(N)c1. The first-order valence-electron chi connectivity index (χ1n) is 14.7. The summed E-state index contributed by atoms with van der Waals surface area (Å²) in [5.74, 6) is -1.62. The molecule has 248 valence electrons. The maximum Gasteiger partial charge on any atom is 0.339 e. The molecule has 50 heavy (non-hydrogen) atoms. The Kier molecular flexibility index (Phi) is 9.07. The highest BCUT2D eigenvalue weighted by molar-refractivity contribution is 7.85. The van der Waals surface area contributed by atoms with Crippen molar-refractivity contribution < 1.29 is 28.0 Å². The molecule has 0 heterocycles. The molecule has 0 atom stereocenters. The molecule has 0 saturated carbocycles. The molecule has 0 saturated heterocycles. The summed E-state index contributed by atoms with van der Waals surface area (Å²) in [6.45, 7) is 0. The van der Waals surface area contributed by atoms with E-state index in [9.17, 15) is 28.0 Å². The lowest BCUT2D eigenvalue weighted by molar-refractivity contribution is 0.0693. The second-order valence-electron chi connectivity index (χ2n) is 10.8. The van der Waals surface area contributed by atoms with E-state index in [0.717, 1.165) is 11.1 Å². The van der Waals surface area contributed by atoms with E-state index in [0.29, 0.717) is 50.6 Å². The highest BCUT2D eigenvalue weighted by atomic mass is 32.2. The summed E-state index contributed by atoms with van der Waals surface area (Å²) in [6.07, 6.45) is 0. The topological polar surface area (TPSA) is 238 Å². The number of rotatable bonds is 9. The van der Waals surface area contributed by atoms with Crippen LogP contribution in [0.1, 0.15) is 10.4 Å². The normalized spacial score (nSPS) is 12.0. The summed E-state index contributed by atoms with van der Waals surface area (Å²) in [7, 11) is -4.51. The second-order valence-corrected chi connectivity index (χ2v) is 12.2. The molecule has 0 aromatic heterocycles. The lowest BCUT2D eigenvalue weighted by Gasteiger charge is -2.07. The molecule has 7 N–H and O–H groups in total. The van der Waals surface area contributed by atoms with Gasteiger partial charge in [0.15, 0.2) is 0 Å². The van der Waals surface area contributed by atoms with Gasteiger partial charge in [-0.3, -0.25) is 4.55 Å². The summed E-state index contributed by atoms with van der Waals surface area (Å²) < 4.78 is 33.5. The quantitative estimate of drug-likeness (QED) is 0.0556. The van der Waals surface area contributed by atoms with E-state index in [-0.39, 0.29) is 21.9 Å². The number of azo groups is 3. The smallest absolute Gasteiger partial charge is 0.339 e. The first-order chi connectivity index (χ1) is 23.9. The van der Waals surface area contributed by atoms with Gasteiger partial charge in [-0.15, -0.1) is 15.3 Å². The van der Waals surface area contributed by atoms with Crippen LogP contribution in [0.3, 0.4) is 0 Å². The highest BCUT2D eigenvalue weighted by Crippen LogP contribution is 2.37. The molecule has 0 aliphatic heterocycles. The number of aromatic hydroxyl groups is 1. The minimum Gasteiger partial charge on any atom is -0.507 e. The van der Waals surface area contributed by atoms with Gasteiger partial charge < -0.3 is 21.7 Å². The molecule has 0 radical (unpaired) electrons. The van der Waals surface area contributed by atoms with Crippen molar-refractivity contribution >= 4 is 72.4 Å². The van der Waals surface area contributed by atoms with Crippen molar-refractivity contribution in [2.75, 3.05) is 11.5 Å². The fourth-order valence-corrected chi connectivity index (χ4v) is 5.34. The fourth-order valence-electron chi connectivity index (χ4n) is 4.83. The van der Waals surface area contributed by atoms with E-state index in [4.69, 9.17) is 11.5 Å². The maximum absolute atomic E-state index is 11.9. The zero-order valence-electron chi connectivity index (χ0n) is 25.8. The third-order valence-electron chi connectivity index (χ3n) is 7.39. The van der Waals surface area contributed by atoms with Gasteiger partial charge >= 0.3 is 5.97 Å². The Morgan fingerprint density at radius 3 is 1.68 bits per heavy atom. The van der Waals surface area contributed by atoms with Crippen LogP contribution in [0.5, 0.6) is 5.75 Å². The number of nitrogens with zero attached hydrogens (tertiary/aromatic N) is 6.